The summed E-state index contributed by atoms with van der Waals surface area (Å²) >= 11 is 0. The Balaban J connectivity index is 1.52. The van der Waals surface area contributed by atoms with Gasteiger partial charge in [0.25, 0.3) is 0 Å². The summed E-state index contributed by atoms with van der Waals surface area (Å²) in [6.45, 7) is 2.66. The molecule has 0 saturated carbocycles. The van der Waals surface area contributed by atoms with E-state index >= 15 is 0 Å². The molecule has 1 N–H and O–H groups in total. The van der Waals surface area contributed by atoms with Crippen LogP contribution in [0, 0.1) is 0 Å². The largest absolute Gasteiger partial charge is 0.355 e. The van der Waals surface area contributed by atoms with Crippen LogP contribution in [0.15, 0.2) is 54.6 Å². The van der Waals surface area contributed by atoms with Crippen molar-refractivity contribution in [2.75, 3.05) is 23.1 Å². The van der Waals surface area contributed by atoms with E-state index in [0.29, 0.717) is 13.0 Å². The number of hydrogen-bond acceptors (Lipinski definition) is 3. The van der Waals surface area contributed by atoms with Crippen LogP contribution in [0.3, 0.4) is 0 Å². The van der Waals surface area contributed by atoms with Crippen LogP contribution in [-0.4, -0.2) is 33.2 Å². The lowest BCUT2D eigenvalue weighted by molar-refractivity contribution is -0.121. The van der Waals surface area contributed by atoms with E-state index in [1.165, 1.54) is 4.31 Å². The molecule has 1 amide bonds. The molecule has 2 aromatic rings. The number of hydrogen-bond donors (Lipinski definition) is 1. The number of benzene rings is 2. The average molecular weight is 387 g/mol. The van der Waals surface area contributed by atoms with Gasteiger partial charge in [-0.2, -0.15) is 0 Å². The Kier molecular flexibility index (Phi) is 6.16. The Hall–Kier alpha value is -2.34. The van der Waals surface area contributed by atoms with Crippen molar-refractivity contribution in [2.45, 2.75) is 32.1 Å². The lowest BCUT2D eigenvalue weighted by Gasteiger charge is -2.20. The number of fused-ring (bicyclic) bond motifs is 1. The first-order chi connectivity index (χ1) is 13.0. The number of carbonyl (C=O) groups is 1. The summed E-state index contributed by atoms with van der Waals surface area (Å²) in [7, 11) is -3.44. The number of nitrogens with zero attached hydrogens (tertiary/aromatic N) is 1. The van der Waals surface area contributed by atoms with Crippen LogP contribution in [0.2, 0.25) is 0 Å². The highest BCUT2D eigenvalue weighted by Gasteiger charge is 2.28. The number of rotatable bonds is 8. The normalized spacial score (nSPS) is 14.6. The molecule has 1 heterocycles. The fraction of sp³-hybridized carbons (Fsp3) is 0.381. The first-order valence-corrected chi connectivity index (χ1v) is 11.0. The summed E-state index contributed by atoms with van der Waals surface area (Å²) < 4.78 is 26.8. The van der Waals surface area contributed by atoms with E-state index in [2.05, 4.69) is 12.2 Å². The van der Waals surface area contributed by atoms with Crippen LogP contribution < -0.4 is 9.62 Å². The molecule has 1 unspecified atom stereocenters. The summed E-state index contributed by atoms with van der Waals surface area (Å²) in [5.41, 5.74) is 2.95. The Morgan fingerprint density at radius 3 is 2.56 bits per heavy atom. The minimum Gasteiger partial charge on any atom is -0.355 e. The molecule has 0 spiro atoms. The quantitative estimate of drug-likeness (QED) is 0.758. The third-order valence-corrected chi connectivity index (χ3v) is 6.83. The van der Waals surface area contributed by atoms with Crippen molar-refractivity contribution in [3.05, 3.63) is 65.7 Å². The molecule has 5 nitrogen and oxygen atoms in total. The topological polar surface area (TPSA) is 66.5 Å². The van der Waals surface area contributed by atoms with E-state index in [1.54, 1.807) is 0 Å². The van der Waals surface area contributed by atoms with Gasteiger partial charge in [-0.3, -0.25) is 9.10 Å². The maximum atomic E-state index is 12.7. The molecular weight excluding hydrogens is 360 g/mol. The van der Waals surface area contributed by atoms with Crippen LogP contribution in [-0.2, 0) is 21.2 Å². The zero-order chi connectivity index (χ0) is 19.3. The van der Waals surface area contributed by atoms with Gasteiger partial charge in [-0.05, 0) is 36.0 Å². The van der Waals surface area contributed by atoms with E-state index < -0.39 is 10.0 Å². The fourth-order valence-electron chi connectivity index (χ4n) is 3.55. The number of amides is 1. The summed E-state index contributed by atoms with van der Waals surface area (Å²) in [6, 6.07) is 17.5. The summed E-state index contributed by atoms with van der Waals surface area (Å²) in [5.74, 6) is -0.0501. The Labute approximate surface area is 161 Å². The lowest BCUT2D eigenvalue weighted by Crippen LogP contribution is -2.37. The third-order valence-electron chi connectivity index (χ3n) is 5.06. The molecular formula is C21H26N2O3S. The third kappa shape index (κ3) is 4.69. The first-order valence-electron chi connectivity index (χ1n) is 9.41. The van der Waals surface area contributed by atoms with Crippen LogP contribution in [0.5, 0.6) is 0 Å². The summed E-state index contributed by atoms with van der Waals surface area (Å²) in [6.07, 6.45) is 1.96. The predicted octanol–water partition coefficient (Wildman–Crippen LogP) is 3.08. The molecule has 2 aromatic carbocycles. The molecule has 0 bridgehead atoms. The van der Waals surface area contributed by atoms with Gasteiger partial charge in [0, 0.05) is 19.5 Å². The number of sulfonamides is 1. The number of para-hydroxylation sites is 1. The van der Waals surface area contributed by atoms with Gasteiger partial charge in [-0.15, -0.1) is 0 Å². The van der Waals surface area contributed by atoms with Crippen molar-refractivity contribution in [1.29, 1.82) is 0 Å². The molecule has 1 atom stereocenters. The number of nitrogens with one attached hydrogen (secondary N) is 1. The van der Waals surface area contributed by atoms with Gasteiger partial charge in [-0.1, -0.05) is 55.5 Å². The van der Waals surface area contributed by atoms with Crippen LogP contribution >= 0.6 is 0 Å². The average Bonchev–Trinajstić information content (AvgIpc) is 3.12. The summed E-state index contributed by atoms with van der Waals surface area (Å²) in [4.78, 5) is 12.3. The number of carbonyl (C=O) groups excluding carboxylic acids is 1. The molecule has 0 fully saturated rings. The van der Waals surface area contributed by atoms with Gasteiger partial charge in [0.15, 0.2) is 0 Å². The van der Waals surface area contributed by atoms with Gasteiger partial charge >= 0.3 is 0 Å². The van der Waals surface area contributed by atoms with Crippen molar-refractivity contribution in [3.8, 4) is 0 Å². The molecule has 0 aromatic heterocycles. The van der Waals surface area contributed by atoms with Crippen molar-refractivity contribution >= 4 is 21.6 Å². The second-order valence-corrected chi connectivity index (χ2v) is 8.85. The van der Waals surface area contributed by atoms with E-state index in [4.69, 9.17) is 0 Å². The molecule has 3 rings (SSSR count). The fourth-order valence-corrected chi connectivity index (χ4v) is 4.97. The van der Waals surface area contributed by atoms with Crippen molar-refractivity contribution in [2.24, 2.45) is 0 Å². The predicted molar refractivity (Wildman–Crippen MR) is 108 cm³/mol. The molecule has 0 saturated heterocycles. The van der Waals surface area contributed by atoms with E-state index in [-0.39, 0.29) is 24.1 Å². The second-order valence-electron chi connectivity index (χ2n) is 6.84. The van der Waals surface area contributed by atoms with Crippen LogP contribution in [0.25, 0.3) is 0 Å². The van der Waals surface area contributed by atoms with Gasteiger partial charge < -0.3 is 5.32 Å². The summed E-state index contributed by atoms with van der Waals surface area (Å²) in [5, 5.41) is 2.78. The molecule has 144 valence electrons. The molecule has 1 aliphatic rings. The highest BCUT2D eigenvalue weighted by atomic mass is 32.2. The van der Waals surface area contributed by atoms with Crippen molar-refractivity contribution in [1.82, 2.24) is 5.32 Å². The first kappa shape index (κ1) is 19.4. The zero-order valence-electron chi connectivity index (χ0n) is 15.6. The number of anilines is 1. The second kappa shape index (κ2) is 8.57. The maximum absolute atomic E-state index is 12.7. The zero-order valence-corrected chi connectivity index (χ0v) is 16.4. The van der Waals surface area contributed by atoms with Crippen LogP contribution in [0.1, 0.15) is 36.8 Å². The van der Waals surface area contributed by atoms with Crippen molar-refractivity contribution < 1.29 is 13.2 Å². The van der Waals surface area contributed by atoms with E-state index in [9.17, 15) is 13.2 Å². The molecule has 27 heavy (non-hydrogen) atoms. The van der Waals surface area contributed by atoms with Gasteiger partial charge in [0.05, 0.1) is 11.4 Å². The van der Waals surface area contributed by atoms with Crippen molar-refractivity contribution in [3.63, 3.8) is 0 Å². The highest BCUT2D eigenvalue weighted by molar-refractivity contribution is 7.92. The Bertz CT molecular complexity index is 881. The molecule has 1 aliphatic heterocycles. The van der Waals surface area contributed by atoms with E-state index in [1.807, 2.05) is 54.6 Å². The van der Waals surface area contributed by atoms with Gasteiger partial charge in [0.1, 0.15) is 0 Å². The lowest BCUT2D eigenvalue weighted by atomic mass is 9.93. The SMILES string of the molecule is CCC(CC(=O)NCCS(=O)(=O)N1CCc2ccccc21)c1ccccc1. The van der Waals surface area contributed by atoms with Gasteiger partial charge in [-0.25, -0.2) is 8.42 Å². The monoisotopic (exact) mass is 386 g/mol. The molecule has 6 heteroatoms. The smallest absolute Gasteiger partial charge is 0.236 e. The molecule has 0 aliphatic carbocycles. The standard InChI is InChI=1S/C21H26N2O3S/c1-2-17(18-8-4-3-5-9-18)16-21(24)22-13-15-27(25,26)23-14-12-19-10-6-7-11-20(19)23/h3-11,17H,2,12-16H2,1H3,(H,22,24). The Morgan fingerprint density at radius 2 is 1.81 bits per heavy atom. The minimum absolute atomic E-state index is 0.0881. The van der Waals surface area contributed by atoms with Crippen LogP contribution in [0.4, 0.5) is 5.69 Å². The molecule has 0 radical (unpaired) electrons. The van der Waals surface area contributed by atoms with Gasteiger partial charge in [0.2, 0.25) is 15.9 Å². The Morgan fingerprint density at radius 1 is 1.11 bits per heavy atom. The highest BCUT2D eigenvalue weighted by Crippen LogP contribution is 2.29. The van der Waals surface area contributed by atoms with E-state index in [0.717, 1.165) is 29.7 Å². The minimum atomic E-state index is -3.44. The maximum Gasteiger partial charge on any atom is 0.236 e.